The molecule has 0 aromatic carbocycles. The Bertz CT molecular complexity index is 394. The van der Waals surface area contributed by atoms with Crippen LogP contribution in [0.2, 0.25) is 5.02 Å². The van der Waals surface area contributed by atoms with Crippen LogP contribution in [-0.2, 0) is 11.3 Å². The number of aromatic nitrogens is 1. The van der Waals surface area contributed by atoms with Gasteiger partial charge in [0.1, 0.15) is 5.82 Å². The molecule has 1 atom stereocenters. The lowest BCUT2D eigenvalue weighted by Crippen LogP contribution is -2.33. The number of hydrogen-bond acceptors (Lipinski definition) is 4. The molecule has 1 aliphatic rings. The van der Waals surface area contributed by atoms with Crippen LogP contribution in [-0.4, -0.2) is 31.3 Å². The highest BCUT2D eigenvalue weighted by Gasteiger charge is 2.18. The lowest BCUT2D eigenvalue weighted by Gasteiger charge is -2.28. The first-order valence-electron chi connectivity index (χ1n) is 6.38. The van der Waals surface area contributed by atoms with E-state index in [0.29, 0.717) is 11.6 Å². The number of ether oxygens (including phenoxy) is 1. The van der Waals surface area contributed by atoms with Gasteiger partial charge in [-0.25, -0.2) is 4.98 Å². The molecule has 0 radical (unpaired) electrons. The molecule has 5 heteroatoms. The van der Waals surface area contributed by atoms with Crippen molar-refractivity contribution in [3.63, 3.8) is 0 Å². The van der Waals surface area contributed by atoms with Gasteiger partial charge in [-0.1, -0.05) is 11.6 Å². The predicted octanol–water partition coefficient (Wildman–Crippen LogP) is 2.20. The molecular formula is C13H20ClN3O. The van der Waals surface area contributed by atoms with Gasteiger partial charge in [-0.05, 0) is 30.9 Å². The van der Waals surface area contributed by atoms with E-state index in [4.69, 9.17) is 22.1 Å². The van der Waals surface area contributed by atoms with Gasteiger partial charge in [-0.15, -0.1) is 0 Å². The van der Waals surface area contributed by atoms with E-state index in [2.05, 4.69) is 9.88 Å². The van der Waals surface area contributed by atoms with E-state index >= 15 is 0 Å². The molecule has 2 rings (SSSR count). The summed E-state index contributed by atoms with van der Waals surface area (Å²) in [5, 5.41) is 0.649. The first-order valence-corrected chi connectivity index (χ1v) is 6.75. The number of likely N-dealkylation sites (N-methyl/N-ethyl adjacent to an activating group) is 1. The summed E-state index contributed by atoms with van der Waals surface area (Å²) in [4.78, 5) is 6.43. The maximum absolute atomic E-state index is 6.22. The van der Waals surface area contributed by atoms with Gasteiger partial charge in [-0.2, -0.15) is 0 Å². The Balaban J connectivity index is 2.01. The summed E-state index contributed by atoms with van der Waals surface area (Å²) in [6, 6.07) is 1.88. The third-order valence-electron chi connectivity index (χ3n) is 3.23. The normalized spacial score (nSPS) is 19.8. The van der Waals surface area contributed by atoms with Crippen LogP contribution in [0.15, 0.2) is 12.3 Å². The van der Waals surface area contributed by atoms with E-state index in [9.17, 15) is 0 Å². The maximum atomic E-state index is 6.22. The van der Waals surface area contributed by atoms with Crippen LogP contribution in [0.3, 0.4) is 0 Å². The van der Waals surface area contributed by atoms with Crippen LogP contribution in [0.25, 0.3) is 0 Å². The number of anilines is 1. The number of nitrogens with zero attached hydrogens (tertiary/aromatic N) is 2. The Morgan fingerprint density at radius 2 is 2.39 bits per heavy atom. The van der Waals surface area contributed by atoms with Crippen LogP contribution >= 0.6 is 11.6 Å². The van der Waals surface area contributed by atoms with Crippen molar-refractivity contribution in [2.75, 3.05) is 25.1 Å². The fraction of sp³-hybridized carbons (Fsp3) is 0.615. The minimum absolute atomic E-state index is 0.288. The van der Waals surface area contributed by atoms with E-state index in [1.165, 1.54) is 12.8 Å². The van der Waals surface area contributed by atoms with Gasteiger partial charge in [0, 0.05) is 32.9 Å². The zero-order chi connectivity index (χ0) is 13.0. The minimum Gasteiger partial charge on any atom is -0.376 e. The molecule has 1 saturated heterocycles. The summed E-state index contributed by atoms with van der Waals surface area (Å²) in [7, 11) is 1.99. The fourth-order valence-corrected chi connectivity index (χ4v) is 2.54. The van der Waals surface area contributed by atoms with Crippen molar-refractivity contribution in [1.82, 2.24) is 4.98 Å². The summed E-state index contributed by atoms with van der Waals surface area (Å²) >= 11 is 6.22. The monoisotopic (exact) mass is 269 g/mol. The van der Waals surface area contributed by atoms with E-state index in [0.717, 1.165) is 31.0 Å². The Labute approximate surface area is 113 Å². The van der Waals surface area contributed by atoms with Crippen LogP contribution in [0, 0.1) is 0 Å². The second kappa shape index (κ2) is 6.36. The van der Waals surface area contributed by atoms with Crippen molar-refractivity contribution in [2.24, 2.45) is 5.73 Å². The lowest BCUT2D eigenvalue weighted by atomic mass is 10.1. The highest BCUT2D eigenvalue weighted by atomic mass is 35.5. The molecule has 1 unspecified atom stereocenters. The van der Waals surface area contributed by atoms with Gasteiger partial charge in [0.25, 0.3) is 0 Å². The zero-order valence-electron chi connectivity index (χ0n) is 10.7. The molecule has 2 heterocycles. The van der Waals surface area contributed by atoms with Crippen molar-refractivity contribution in [1.29, 1.82) is 0 Å². The lowest BCUT2D eigenvalue weighted by molar-refractivity contribution is 0.0215. The van der Waals surface area contributed by atoms with E-state index in [1.54, 1.807) is 6.20 Å². The van der Waals surface area contributed by atoms with Gasteiger partial charge in [-0.3, -0.25) is 0 Å². The van der Waals surface area contributed by atoms with Crippen LogP contribution in [0.1, 0.15) is 24.8 Å². The average Bonchev–Trinajstić information content (AvgIpc) is 2.39. The average molecular weight is 270 g/mol. The quantitative estimate of drug-likeness (QED) is 0.910. The molecule has 2 N–H and O–H groups in total. The molecule has 1 aliphatic heterocycles. The predicted molar refractivity (Wildman–Crippen MR) is 74.0 cm³/mol. The molecule has 4 nitrogen and oxygen atoms in total. The summed E-state index contributed by atoms with van der Waals surface area (Å²) in [5.41, 5.74) is 6.51. The van der Waals surface area contributed by atoms with E-state index in [1.807, 2.05) is 13.1 Å². The summed E-state index contributed by atoms with van der Waals surface area (Å²) < 4.78 is 5.72. The molecule has 0 amide bonds. The fourth-order valence-electron chi connectivity index (χ4n) is 2.21. The highest BCUT2D eigenvalue weighted by Crippen LogP contribution is 2.24. The second-order valence-corrected chi connectivity index (χ2v) is 5.13. The number of nitrogens with two attached hydrogens (primary N) is 1. The van der Waals surface area contributed by atoms with Crippen LogP contribution in [0.4, 0.5) is 5.82 Å². The molecular weight excluding hydrogens is 250 g/mol. The summed E-state index contributed by atoms with van der Waals surface area (Å²) in [6.45, 7) is 2.16. The molecule has 1 fully saturated rings. The smallest absolute Gasteiger partial charge is 0.147 e. The molecule has 1 aromatic rings. The number of pyridine rings is 1. The van der Waals surface area contributed by atoms with Crippen molar-refractivity contribution in [2.45, 2.75) is 31.9 Å². The Morgan fingerprint density at radius 3 is 3.00 bits per heavy atom. The third-order valence-corrected chi connectivity index (χ3v) is 3.51. The highest BCUT2D eigenvalue weighted by molar-refractivity contribution is 6.33. The van der Waals surface area contributed by atoms with Gasteiger partial charge in [0.15, 0.2) is 0 Å². The third kappa shape index (κ3) is 3.34. The van der Waals surface area contributed by atoms with Crippen molar-refractivity contribution in [3.05, 3.63) is 22.8 Å². The topological polar surface area (TPSA) is 51.4 Å². The number of halogens is 1. The molecule has 100 valence electrons. The molecule has 0 aliphatic carbocycles. The molecule has 18 heavy (non-hydrogen) atoms. The van der Waals surface area contributed by atoms with Crippen molar-refractivity contribution in [3.8, 4) is 0 Å². The molecule has 0 spiro atoms. The zero-order valence-corrected chi connectivity index (χ0v) is 11.5. The SMILES string of the molecule is CN(CC1CCCCO1)c1ncc(CN)cc1Cl. The molecule has 0 bridgehead atoms. The van der Waals surface area contributed by atoms with Crippen LogP contribution < -0.4 is 10.6 Å². The Kier molecular flexibility index (Phi) is 4.80. The second-order valence-electron chi connectivity index (χ2n) is 4.72. The Morgan fingerprint density at radius 1 is 1.56 bits per heavy atom. The first-order chi connectivity index (χ1) is 8.70. The number of rotatable bonds is 4. The largest absolute Gasteiger partial charge is 0.376 e. The molecule has 1 aromatic heterocycles. The minimum atomic E-state index is 0.288. The van der Waals surface area contributed by atoms with Gasteiger partial charge >= 0.3 is 0 Å². The first kappa shape index (κ1) is 13.6. The van der Waals surface area contributed by atoms with Crippen molar-refractivity contribution < 1.29 is 4.74 Å². The maximum Gasteiger partial charge on any atom is 0.147 e. The summed E-state index contributed by atoms with van der Waals surface area (Å²) in [5.74, 6) is 0.794. The van der Waals surface area contributed by atoms with E-state index in [-0.39, 0.29) is 6.10 Å². The molecule has 0 saturated carbocycles. The van der Waals surface area contributed by atoms with Crippen molar-refractivity contribution >= 4 is 17.4 Å². The van der Waals surface area contributed by atoms with Gasteiger partial charge in [0.2, 0.25) is 0 Å². The van der Waals surface area contributed by atoms with E-state index < -0.39 is 0 Å². The van der Waals surface area contributed by atoms with Crippen LogP contribution in [0.5, 0.6) is 0 Å². The van der Waals surface area contributed by atoms with Gasteiger partial charge in [0.05, 0.1) is 11.1 Å². The van der Waals surface area contributed by atoms with Gasteiger partial charge < -0.3 is 15.4 Å². The standard InChI is InChI=1S/C13H20ClN3O/c1-17(9-11-4-2-3-5-18-11)13-12(14)6-10(7-15)8-16-13/h6,8,11H,2-5,7,9,15H2,1H3. The number of hydrogen-bond donors (Lipinski definition) is 1. The Hall–Kier alpha value is -0.840. The summed E-state index contributed by atoms with van der Waals surface area (Å²) in [6.07, 6.45) is 5.59.